The van der Waals surface area contributed by atoms with Crippen LogP contribution in [0.5, 0.6) is 0 Å². The van der Waals surface area contributed by atoms with Crippen LogP contribution in [-0.4, -0.2) is 283 Å². The van der Waals surface area contributed by atoms with Gasteiger partial charge in [-0.15, -0.1) is 0 Å². The maximum absolute atomic E-state index is 12.5. The Morgan fingerprint density at radius 1 is 0.435 bits per heavy atom. The van der Waals surface area contributed by atoms with Gasteiger partial charge < -0.3 is 125 Å². The molecule has 0 aromatic carbocycles. The lowest BCUT2D eigenvalue weighted by molar-refractivity contribution is -0.380. The molecular formula is C36H61N3O29S. The molecule has 0 spiro atoms. The van der Waals surface area contributed by atoms with Crippen LogP contribution < -0.4 is 16.0 Å². The van der Waals surface area contributed by atoms with Gasteiger partial charge in [0.15, 0.2) is 31.5 Å². The minimum absolute atomic E-state index is 0.725. The molecule has 0 aromatic heterocycles. The number of rotatable bonds is 18. The number of ether oxygens (including phenoxy) is 9. The van der Waals surface area contributed by atoms with E-state index in [1.54, 1.807) is 0 Å². The molecule has 0 aliphatic carbocycles. The first kappa shape index (κ1) is 57.3. The Balaban J connectivity index is 1.37. The summed E-state index contributed by atoms with van der Waals surface area (Å²) in [5, 5.41) is 147. The van der Waals surface area contributed by atoms with Crippen molar-refractivity contribution >= 4 is 28.1 Å². The van der Waals surface area contributed by atoms with Gasteiger partial charge in [0.05, 0.1) is 33.0 Å². The lowest BCUT2D eigenvalue weighted by Gasteiger charge is -2.50. The molecule has 17 N–H and O–H groups in total. The minimum Gasteiger partial charge on any atom is -0.394 e. The van der Waals surface area contributed by atoms with Gasteiger partial charge in [0.25, 0.3) is 0 Å². The first-order chi connectivity index (χ1) is 32.3. The third kappa shape index (κ3) is 13.5. The number of carbonyl (C=O) groups is 3. The van der Waals surface area contributed by atoms with Crippen molar-refractivity contribution < 1.29 is 141 Å². The molecule has 25 atom stereocenters. The van der Waals surface area contributed by atoms with Crippen LogP contribution in [-0.2, 0) is 71.6 Å². The van der Waals surface area contributed by atoms with E-state index in [9.17, 15) is 89.2 Å². The molecule has 0 unspecified atom stereocenters. The van der Waals surface area contributed by atoms with Crippen LogP contribution in [0.3, 0.4) is 0 Å². The van der Waals surface area contributed by atoms with Crippen molar-refractivity contribution in [1.82, 2.24) is 16.0 Å². The van der Waals surface area contributed by atoms with E-state index >= 15 is 0 Å². The third-order valence-corrected chi connectivity index (χ3v) is 12.2. The van der Waals surface area contributed by atoms with Crippen LogP contribution in [0.2, 0.25) is 0 Å². The van der Waals surface area contributed by atoms with Gasteiger partial charge >= 0.3 is 10.4 Å². The Kier molecular flexibility index (Phi) is 20.3. The maximum atomic E-state index is 12.5. The SMILES string of the molecule is CC(=O)N[C@@H]1[C@@H](O[C@@H]2O[C@H](CO)[C@@H](O[C@@H]3O[C@H](CO)[C@H](O)[C@H](O[C@@H]4O[C@H](CO)[C@@H](O[C@@H]5O[C@H](COS(=O)(=O)O)[C@H](O)[C@H](O)[C@H]5O)[C@H](O)[C@H]4NC(C)=O)[C@H]3O)[C@H](O)[C@H]2NC(C)=O)[C@@H](O)[C@@H](CO)O[C@@H]1O. The Hall–Kier alpha value is -2.60. The quantitative estimate of drug-likeness (QED) is 0.0567. The first-order valence-corrected chi connectivity index (χ1v) is 22.6. The first-order valence-electron chi connectivity index (χ1n) is 21.2. The highest BCUT2D eigenvalue weighted by Gasteiger charge is 2.57. The topological polar surface area (TPSA) is 497 Å². The van der Waals surface area contributed by atoms with Crippen LogP contribution in [0.1, 0.15) is 20.8 Å². The Morgan fingerprint density at radius 3 is 1.26 bits per heavy atom. The van der Waals surface area contributed by atoms with Crippen molar-refractivity contribution in [3.8, 4) is 0 Å². The van der Waals surface area contributed by atoms with E-state index in [-0.39, 0.29) is 0 Å². The standard InChI is InChI=1S/C36H61N3O29S/c1-9(44)37-17-23(50)29(15(7-43)62-33(17)67-30-19(39-11(3)46)32(55)60-12(4-40)21(30)48)66-36-27(54)31(22(49)13(5-41)61-36)68-34-18(38-10(2)45)24(51)28(14(6-42)63-34)65-35-26(53)25(52)20(47)16(64-35)8-59-69(56,57)58/h12-36,40-43,47-55H,4-8H2,1-3H3,(H,37,44)(H,38,45)(H,39,46)(H,56,57,58)/t12-,13-,14-,15-,16-,17-,18-,19-,20+,21+,22+,23-,24-,25+,26-,27-,28-,29-,30-,31+,32+,33+,34+,35+,36+/m1/s1. The van der Waals surface area contributed by atoms with Crippen molar-refractivity contribution in [1.29, 1.82) is 0 Å². The summed E-state index contributed by atoms with van der Waals surface area (Å²) in [7, 11) is -5.10. The third-order valence-electron chi connectivity index (χ3n) is 11.7. The highest BCUT2D eigenvalue weighted by molar-refractivity contribution is 7.80. The van der Waals surface area contributed by atoms with E-state index in [2.05, 4.69) is 20.1 Å². The molecule has 5 fully saturated rings. The number of amides is 3. The number of hydrogen-bond donors (Lipinski definition) is 17. The summed E-state index contributed by atoms with van der Waals surface area (Å²) < 4.78 is 86.7. The Morgan fingerprint density at radius 2 is 0.812 bits per heavy atom. The summed E-state index contributed by atoms with van der Waals surface area (Å²) in [5.41, 5.74) is 0. The van der Waals surface area contributed by atoms with Gasteiger partial charge in [-0.25, -0.2) is 4.18 Å². The summed E-state index contributed by atoms with van der Waals surface area (Å²) >= 11 is 0. The van der Waals surface area contributed by atoms with Gasteiger partial charge in [0.2, 0.25) is 17.7 Å². The summed E-state index contributed by atoms with van der Waals surface area (Å²) in [4.78, 5) is 36.9. The van der Waals surface area contributed by atoms with E-state index < -0.39 is 214 Å². The molecule has 400 valence electrons. The van der Waals surface area contributed by atoms with Gasteiger partial charge in [0.1, 0.15) is 122 Å². The molecule has 5 aliphatic rings. The van der Waals surface area contributed by atoms with E-state index in [0.29, 0.717) is 0 Å². The van der Waals surface area contributed by atoms with Crippen molar-refractivity contribution in [2.45, 2.75) is 174 Å². The molecule has 5 rings (SSSR count). The summed E-state index contributed by atoms with van der Waals surface area (Å²) in [6, 6.07) is -5.03. The number of aliphatic hydroxyl groups excluding tert-OH is 13. The smallest absolute Gasteiger partial charge is 0.394 e. The van der Waals surface area contributed by atoms with E-state index in [1.165, 1.54) is 0 Å². The van der Waals surface area contributed by atoms with Crippen LogP contribution in [0, 0.1) is 0 Å². The average molecular weight is 1030 g/mol. The molecule has 33 heteroatoms. The van der Waals surface area contributed by atoms with Crippen LogP contribution in [0.4, 0.5) is 0 Å². The monoisotopic (exact) mass is 1030 g/mol. The van der Waals surface area contributed by atoms with Crippen LogP contribution >= 0.6 is 0 Å². The van der Waals surface area contributed by atoms with Crippen molar-refractivity contribution in [2.24, 2.45) is 0 Å². The van der Waals surface area contributed by atoms with Crippen molar-refractivity contribution in [3.05, 3.63) is 0 Å². The molecule has 5 heterocycles. The molecule has 0 saturated carbocycles. The zero-order valence-corrected chi connectivity index (χ0v) is 37.6. The second-order valence-corrected chi connectivity index (χ2v) is 17.8. The molecule has 5 saturated heterocycles. The highest BCUT2D eigenvalue weighted by atomic mass is 32.3. The molecule has 3 amide bonds. The van der Waals surface area contributed by atoms with E-state index in [4.69, 9.17) is 47.2 Å². The Bertz CT molecular complexity index is 1810. The van der Waals surface area contributed by atoms with E-state index in [0.717, 1.165) is 20.8 Å². The second kappa shape index (κ2) is 24.4. The minimum atomic E-state index is -5.10. The lowest BCUT2D eigenvalue weighted by Crippen LogP contribution is -2.71. The zero-order valence-electron chi connectivity index (χ0n) is 36.8. The molecule has 0 radical (unpaired) electrons. The van der Waals surface area contributed by atoms with Gasteiger partial charge in [-0.05, 0) is 0 Å². The summed E-state index contributed by atoms with van der Waals surface area (Å²) in [6.07, 6.45) is -42.0. The molecule has 32 nitrogen and oxygen atoms in total. The number of aliphatic hydroxyl groups is 13. The number of carbonyl (C=O) groups excluding carboxylic acids is 3. The maximum Gasteiger partial charge on any atom is 0.397 e. The largest absolute Gasteiger partial charge is 0.397 e. The van der Waals surface area contributed by atoms with Gasteiger partial charge in [-0.3, -0.25) is 18.9 Å². The summed E-state index contributed by atoms with van der Waals surface area (Å²) in [5.74, 6) is -2.40. The highest BCUT2D eigenvalue weighted by Crippen LogP contribution is 2.36. The molecule has 69 heavy (non-hydrogen) atoms. The fraction of sp³-hybridized carbons (Fsp3) is 0.917. The predicted octanol–water partition coefficient (Wildman–Crippen LogP) is -11.7. The van der Waals surface area contributed by atoms with Gasteiger partial charge in [-0.2, -0.15) is 8.42 Å². The molecule has 0 aromatic rings. The van der Waals surface area contributed by atoms with Crippen LogP contribution in [0.15, 0.2) is 0 Å². The molecular weight excluding hydrogens is 970 g/mol. The zero-order chi connectivity index (χ0) is 51.4. The average Bonchev–Trinajstić information content (AvgIpc) is 3.28. The van der Waals surface area contributed by atoms with E-state index in [1.807, 2.05) is 0 Å². The fourth-order valence-electron chi connectivity index (χ4n) is 8.38. The summed E-state index contributed by atoms with van der Waals surface area (Å²) in [6.45, 7) is -1.99. The molecule has 5 aliphatic heterocycles. The van der Waals surface area contributed by atoms with Gasteiger partial charge in [0, 0.05) is 20.8 Å². The van der Waals surface area contributed by atoms with Crippen molar-refractivity contribution in [2.75, 3.05) is 33.0 Å². The second-order valence-electron chi connectivity index (χ2n) is 16.7. The Labute approximate surface area is 391 Å². The van der Waals surface area contributed by atoms with Gasteiger partial charge in [-0.1, -0.05) is 0 Å². The number of hydrogen-bond acceptors (Lipinski definition) is 28. The molecule has 0 bridgehead atoms. The van der Waals surface area contributed by atoms with Crippen LogP contribution in [0.25, 0.3) is 0 Å². The lowest BCUT2D eigenvalue weighted by atomic mass is 9.93. The van der Waals surface area contributed by atoms with Crippen molar-refractivity contribution in [3.63, 3.8) is 0 Å². The number of nitrogens with one attached hydrogen (secondary N) is 3. The fourth-order valence-corrected chi connectivity index (χ4v) is 8.69. The normalized spacial score (nSPS) is 45.3. The predicted molar refractivity (Wildman–Crippen MR) is 212 cm³/mol.